The summed E-state index contributed by atoms with van der Waals surface area (Å²) in [6.45, 7) is 1.95. The first-order valence-electron chi connectivity index (χ1n) is 3.61. The third-order valence-corrected chi connectivity index (χ3v) is 4.02. The van der Waals surface area contributed by atoms with Crippen LogP contribution in [0.15, 0.2) is 16.6 Å². The van der Waals surface area contributed by atoms with Crippen molar-refractivity contribution in [3.05, 3.63) is 31.3 Å². The average molecular weight is 418 g/mol. The van der Waals surface area contributed by atoms with Gasteiger partial charge in [-0.1, -0.05) is 31.9 Å². The maximum absolute atomic E-state index is 11.5. The molecule has 0 saturated heterocycles. The molecule has 1 rings (SSSR count). The smallest absolute Gasteiger partial charge is 0.174 e. The number of rotatable bonds is 2. The SMILES string of the molecule is Cc1c(Br)ccc(I)c1C(=O)CBr. The summed E-state index contributed by atoms with van der Waals surface area (Å²) in [5, 5.41) is 0.375. The maximum Gasteiger partial charge on any atom is 0.174 e. The largest absolute Gasteiger partial charge is 0.293 e. The predicted molar refractivity (Wildman–Crippen MR) is 69.7 cm³/mol. The minimum absolute atomic E-state index is 0.128. The van der Waals surface area contributed by atoms with Gasteiger partial charge in [-0.15, -0.1) is 0 Å². The molecule has 0 spiro atoms. The highest BCUT2D eigenvalue weighted by Gasteiger charge is 2.13. The Balaban J connectivity index is 3.33. The molecule has 4 heteroatoms. The summed E-state index contributed by atoms with van der Waals surface area (Å²) in [7, 11) is 0. The van der Waals surface area contributed by atoms with Crippen LogP contribution in [0, 0.1) is 10.5 Å². The van der Waals surface area contributed by atoms with Gasteiger partial charge in [-0.05, 0) is 47.2 Å². The Morgan fingerprint density at radius 2 is 2.15 bits per heavy atom. The fourth-order valence-electron chi connectivity index (χ4n) is 1.06. The van der Waals surface area contributed by atoms with E-state index in [2.05, 4.69) is 54.5 Å². The summed E-state index contributed by atoms with van der Waals surface area (Å²) in [4.78, 5) is 11.5. The first-order valence-corrected chi connectivity index (χ1v) is 6.61. The Morgan fingerprint density at radius 1 is 1.54 bits per heavy atom. The number of alkyl halides is 1. The zero-order valence-corrected chi connectivity index (χ0v) is 12.2. The lowest BCUT2D eigenvalue weighted by Gasteiger charge is -2.07. The second-order valence-corrected chi connectivity index (χ2v) is 5.16. The lowest BCUT2D eigenvalue weighted by molar-refractivity contribution is 0.102. The Kier molecular flexibility index (Phi) is 4.38. The topological polar surface area (TPSA) is 17.1 Å². The van der Waals surface area contributed by atoms with E-state index in [-0.39, 0.29) is 5.78 Å². The molecule has 0 unspecified atom stereocenters. The highest BCUT2D eigenvalue weighted by Crippen LogP contribution is 2.25. The van der Waals surface area contributed by atoms with E-state index in [0.29, 0.717) is 5.33 Å². The number of hydrogen-bond donors (Lipinski definition) is 0. The third-order valence-electron chi connectivity index (χ3n) is 1.75. The number of hydrogen-bond acceptors (Lipinski definition) is 1. The van der Waals surface area contributed by atoms with Crippen molar-refractivity contribution in [2.24, 2.45) is 0 Å². The fraction of sp³-hybridized carbons (Fsp3) is 0.222. The standard InChI is InChI=1S/C9H7Br2IO/c1-5-6(11)2-3-7(12)9(5)8(13)4-10/h2-3H,4H2,1H3. The minimum atomic E-state index is 0.128. The minimum Gasteiger partial charge on any atom is -0.293 e. The Labute approximate surface area is 108 Å². The van der Waals surface area contributed by atoms with Gasteiger partial charge in [-0.3, -0.25) is 4.79 Å². The van der Waals surface area contributed by atoms with Crippen LogP contribution in [0.4, 0.5) is 0 Å². The van der Waals surface area contributed by atoms with E-state index in [4.69, 9.17) is 0 Å². The van der Waals surface area contributed by atoms with Crippen molar-refractivity contribution in [1.82, 2.24) is 0 Å². The molecule has 0 heterocycles. The molecular formula is C9H7Br2IO. The average Bonchev–Trinajstić information content (AvgIpc) is 2.12. The van der Waals surface area contributed by atoms with Gasteiger partial charge >= 0.3 is 0 Å². The normalized spacial score (nSPS) is 10.2. The fourth-order valence-corrected chi connectivity index (χ4v) is 2.56. The molecule has 0 bridgehead atoms. The van der Waals surface area contributed by atoms with Gasteiger partial charge in [-0.2, -0.15) is 0 Å². The van der Waals surface area contributed by atoms with Crippen molar-refractivity contribution < 1.29 is 4.79 Å². The lowest BCUT2D eigenvalue weighted by Crippen LogP contribution is -2.05. The lowest BCUT2D eigenvalue weighted by atomic mass is 10.1. The molecular weight excluding hydrogens is 411 g/mol. The Bertz CT molecular complexity index is 350. The quantitative estimate of drug-likeness (QED) is 0.405. The second-order valence-electron chi connectivity index (χ2n) is 2.59. The third kappa shape index (κ3) is 2.53. The van der Waals surface area contributed by atoms with E-state index in [1.165, 1.54) is 0 Å². The number of benzene rings is 1. The number of Topliss-reactive ketones (excluding diaryl/α,β-unsaturated/α-hetero) is 1. The molecule has 0 aromatic heterocycles. The van der Waals surface area contributed by atoms with Crippen LogP contribution in [0.5, 0.6) is 0 Å². The summed E-state index contributed by atoms with van der Waals surface area (Å²) in [6, 6.07) is 3.90. The Morgan fingerprint density at radius 3 is 2.69 bits per heavy atom. The molecule has 0 aliphatic carbocycles. The van der Waals surface area contributed by atoms with Crippen LogP contribution in [0.1, 0.15) is 15.9 Å². The molecule has 0 radical (unpaired) electrons. The molecule has 0 atom stereocenters. The van der Waals surface area contributed by atoms with E-state index in [9.17, 15) is 4.79 Å². The van der Waals surface area contributed by atoms with Crippen molar-refractivity contribution in [2.45, 2.75) is 6.92 Å². The van der Waals surface area contributed by atoms with Crippen molar-refractivity contribution in [3.8, 4) is 0 Å². The van der Waals surface area contributed by atoms with Gasteiger partial charge in [0.2, 0.25) is 0 Å². The van der Waals surface area contributed by atoms with Crippen LogP contribution in [0.3, 0.4) is 0 Å². The van der Waals surface area contributed by atoms with Crippen molar-refractivity contribution in [2.75, 3.05) is 5.33 Å². The van der Waals surface area contributed by atoms with Gasteiger partial charge in [0, 0.05) is 13.6 Å². The van der Waals surface area contributed by atoms with E-state index in [0.717, 1.165) is 19.2 Å². The van der Waals surface area contributed by atoms with Crippen molar-refractivity contribution in [3.63, 3.8) is 0 Å². The zero-order chi connectivity index (χ0) is 10.0. The number of carbonyl (C=O) groups is 1. The monoisotopic (exact) mass is 416 g/mol. The van der Waals surface area contributed by atoms with E-state index in [1.807, 2.05) is 19.1 Å². The summed E-state index contributed by atoms with van der Waals surface area (Å²) in [6.07, 6.45) is 0. The van der Waals surface area contributed by atoms with Gasteiger partial charge in [0.25, 0.3) is 0 Å². The summed E-state index contributed by atoms with van der Waals surface area (Å²) in [5.41, 5.74) is 1.82. The van der Waals surface area contributed by atoms with Gasteiger partial charge in [0.15, 0.2) is 5.78 Å². The zero-order valence-electron chi connectivity index (χ0n) is 6.90. The molecule has 13 heavy (non-hydrogen) atoms. The van der Waals surface area contributed by atoms with Gasteiger partial charge in [-0.25, -0.2) is 0 Å². The molecule has 0 saturated carbocycles. The highest BCUT2D eigenvalue weighted by atomic mass is 127. The van der Waals surface area contributed by atoms with Crippen LogP contribution in [0.2, 0.25) is 0 Å². The first-order chi connectivity index (χ1) is 6.07. The molecule has 70 valence electrons. The molecule has 0 aliphatic heterocycles. The van der Waals surface area contributed by atoms with Crippen LogP contribution in [0.25, 0.3) is 0 Å². The van der Waals surface area contributed by atoms with Crippen molar-refractivity contribution >= 4 is 60.2 Å². The summed E-state index contributed by atoms with van der Waals surface area (Å²) < 4.78 is 1.99. The Hall–Kier alpha value is 0.580. The van der Waals surface area contributed by atoms with E-state index in [1.54, 1.807) is 0 Å². The number of carbonyl (C=O) groups excluding carboxylic acids is 1. The molecule has 0 amide bonds. The number of halogens is 3. The summed E-state index contributed by atoms with van der Waals surface area (Å²) in [5.74, 6) is 0.128. The van der Waals surface area contributed by atoms with Crippen LogP contribution in [-0.4, -0.2) is 11.1 Å². The van der Waals surface area contributed by atoms with Gasteiger partial charge in [0.1, 0.15) is 0 Å². The van der Waals surface area contributed by atoms with Gasteiger partial charge in [0.05, 0.1) is 5.33 Å². The predicted octanol–water partition coefficient (Wildman–Crippen LogP) is 3.94. The first kappa shape index (κ1) is 11.7. The molecule has 1 aromatic rings. The van der Waals surface area contributed by atoms with Gasteiger partial charge < -0.3 is 0 Å². The van der Waals surface area contributed by atoms with Crippen molar-refractivity contribution in [1.29, 1.82) is 0 Å². The summed E-state index contributed by atoms with van der Waals surface area (Å²) >= 11 is 8.76. The molecule has 0 N–H and O–H groups in total. The van der Waals surface area contributed by atoms with E-state index >= 15 is 0 Å². The second kappa shape index (κ2) is 4.89. The molecule has 1 aromatic carbocycles. The highest BCUT2D eigenvalue weighted by molar-refractivity contribution is 14.1. The maximum atomic E-state index is 11.5. The van der Waals surface area contributed by atoms with Crippen LogP contribution < -0.4 is 0 Å². The molecule has 0 fully saturated rings. The molecule has 1 nitrogen and oxygen atoms in total. The number of ketones is 1. The van der Waals surface area contributed by atoms with E-state index < -0.39 is 0 Å². The van der Waals surface area contributed by atoms with Crippen LogP contribution >= 0.6 is 54.5 Å². The van der Waals surface area contributed by atoms with Crippen LogP contribution in [-0.2, 0) is 0 Å². The molecule has 0 aliphatic rings.